The molecule has 1 aromatic carbocycles. The number of rotatable bonds is 3. The molecule has 0 unspecified atom stereocenters. The predicted octanol–water partition coefficient (Wildman–Crippen LogP) is 3.86. The van der Waals surface area contributed by atoms with Crippen molar-refractivity contribution in [3.05, 3.63) is 46.8 Å². The van der Waals surface area contributed by atoms with Crippen molar-refractivity contribution in [2.75, 3.05) is 0 Å². The molecule has 2 rings (SSSR count). The molecule has 0 amide bonds. The monoisotopic (exact) mass is 300 g/mol. The molecule has 1 aromatic heterocycles. The molecule has 1 N–H and O–H groups in total. The van der Waals surface area contributed by atoms with Crippen molar-refractivity contribution in [2.24, 2.45) is 0 Å². The lowest BCUT2D eigenvalue weighted by Crippen LogP contribution is -2.21. The summed E-state index contributed by atoms with van der Waals surface area (Å²) >= 11 is 0.620. The van der Waals surface area contributed by atoms with Gasteiger partial charge in [-0.3, -0.25) is 4.79 Å². The zero-order valence-electron chi connectivity index (χ0n) is 9.77. The van der Waals surface area contributed by atoms with Crippen molar-refractivity contribution < 1.29 is 27.9 Å². The number of halogens is 3. The summed E-state index contributed by atoms with van der Waals surface area (Å²) in [5.74, 6) is -3.11. The molecule has 1 heterocycles. The fraction of sp³-hybridized carbons (Fsp3) is 0.0769. The van der Waals surface area contributed by atoms with E-state index in [1.165, 1.54) is 24.3 Å². The fourth-order valence-electron chi connectivity index (χ4n) is 1.63. The van der Waals surface area contributed by atoms with Gasteiger partial charge in [0.05, 0.1) is 10.4 Å². The number of benzene rings is 1. The Balaban J connectivity index is 2.45. The second-order valence-corrected chi connectivity index (χ2v) is 4.93. The van der Waals surface area contributed by atoms with Crippen molar-refractivity contribution in [3.63, 3.8) is 0 Å². The van der Waals surface area contributed by atoms with Gasteiger partial charge < -0.3 is 5.11 Å². The molecular weight excluding hydrogens is 293 g/mol. The number of carboxylic acids is 1. The van der Waals surface area contributed by atoms with Crippen LogP contribution >= 0.6 is 11.3 Å². The third-order valence-corrected chi connectivity index (χ3v) is 3.63. The summed E-state index contributed by atoms with van der Waals surface area (Å²) in [6, 6.07) is 8.29. The number of carboxylic acid groups (broad SMARTS) is 1. The van der Waals surface area contributed by atoms with E-state index in [9.17, 15) is 22.8 Å². The van der Waals surface area contributed by atoms with Gasteiger partial charge in [0.25, 0.3) is 5.78 Å². The van der Waals surface area contributed by atoms with Crippen LogP contribution in [0.15, 0.2) is 36.4 Å². The highest BCUT2D eigenvalue weighted by Crippen LogP contribution is 2.33. The summed E-state index contributed by atoms with van der Waals surface area (Å²) in [5.41, 5.74) is 0.256. The molecule has 0 aliphatic heterocycles. The number of aromatic carboxylic acids is 1. The van der Waals surface area contributed by atoms with Crippen molar-refractivity contribution in [3.8, 4) is 10.4 Å². The van der Waals surface area contributed by atoms with Crippen LogP contribution in [0, 0.1) is 0 Å². The molecule has 0 bridgehead atoms. The lowest BCUT2D eigenvalue weighted by molar-refractivity contribution is -0.0882. The largest absolute Gasteiger partial charge is 0.478 e. The van der Waals surface area contributed by atoms with E-state index < -0.39 is 22.8 Å². The molecule has 0 saturated heterocycles. The zero-order chi connectivity index (χ0) is 14.9. The van der Waals surface area contributed by atoms with Crippen LogP contribution in [0.25, 0.3) is 10.4 Å². The normalized spacial score (nSPS) is 11.3. The minimum absolute atomic E-state index is 0.0274. The summed E-state index contributed by atoms with van der Waals surface area (Å²) in [7, 11) is 0. The standard InChI is InChI=1S/C13H7F3O3S/c14-13(15,16)11(17)10-6-5-9(20-10)7-3-1-2-4-8(7)12(18)19/h1-6H,(H,18,19). The SMILES string of the molecule is O=C(O)c1ccccc1-c1ccc(C(=O)C(F)(F)F)s1. The van der Waals surface area contributed by atoms with Crippen LogP contribution < -0.4 is 0 Å². The highest BCUT2D eigenvalue weighted by molar-refractivity contribution is 7.17. The van der Waals surface area contributed by atoms with E-state index in [1.807, 2.05) is 0 Å². The molecule has 0 aliphatic carbocycles. The molecule has 0 aliphatic rings. The van der Waals surface area contributed by atoms with E-state index in [0.29, 0.717) is 16.2 Å². The Kier molecular flexibility index (Phi) is 3.63. The van der Waals surface area contributed by atoms with Crippen molar-refractivity contribution >= 4 is 23.1 Å². The van der Waals surface area contributed by atoms with Gasteiger partial charge in [-0.05, 0) is 18.2 Å². The molecule has 0 fully saturated rings. The number of thiophene rings is 1. The molecule has 7 heteroatoms. The van der Waals surface area contributed by atoms with E-state index in [2.05, 4.69) is 0 Å². The van der Waals surface area contributed by atoms with Crippen LogP contribution in [0.1, 0.15) is 20.0 Å². The first-order chi connectivity index (χ1) is 9.30. The minimum Gasteiger partial charge on any atom is -0.478 e. The molecule has 0 saturated carbocycles. The summed E-state index contributed by atoms with van der Waals surface area (Å²) in [6.45, 7) is 0. The van der Waals surface area contributed by atoms with Crippen LogP contribution in [0.5, 0.6) is 0 Å². The topological polar surface area (TPSA) is 54.4 Å². The van der Waals surface area contributed by atoms with Gasteiger partial charge >= 0.3 is 12.1 Å². The van der Waals surface area contributed by atoms with E-state index in [4.69, 9.17) is 5.11 Å². The summed E-state index contributed by atoms with van der Waals surface area (Å²) in [5, 5.41) is 9.03. The Morgan fingerprint density at radius 1 is 1.05 bits per heavy atom. The molecule has 2 aromatic rings. The van der Waals surface area contributed by atoms with Gasteiger partial charge in [-0.15, -0.1) is 11.3 Å². The first-order valence-corrected chi connectivity index (χ1v) is 6.16. The summed E-state index contributed by atoms with van der Waals surface area (Å²) < 4.78 is 37.0. The van der Waals surface area contributed by atoms with E-state index in [0.717, 1.165) is 6.07 Å². The van der Waals surface area contributed by atoms with Crippen molar-refractivity contribution in [2.45, 2.75) is 6.18 Å². The Morgan fingerprint density at radius 2 is 1.70 bits per heavy atom. The predicted molar refractivity (Wildman–Crippen MR) is 67.1 cm³/mol. The average molecular weight is 300 g/mol. The number of hydrogen-bond donors (Lipinski definition) is 1. The Bertz CT molecular complexity index is 673. The maximum absolute atomic E-state index is 12.3. The number of ketones is 1. The lowest BCUT2D eigenvalue weighted by atomic mass is 10.1. The molecular formula is C13H7F3O3S. The zero-order valence-corrected chi connectivity index (χ0v) is 10.6. The number of carbonyl (C=O) groups is 2. The highest BCUT2D eigenvalue weighted by Gasteiger charge is 2.40. The van der Waals surface area contributed by atoms with Gasteiger partial charge in [0.2, 0.25) is 0 Å². The van der Waals surface area contributed by atoms with Gasteiger partial charge in [0, 0.05) is 10.4 Å². The third-order valence-electron chi connectivity index (χ3n) is 2.51. The summed E-state index contributed by atoms with van der Waals surface area (Å²) in [4.78, 5) is 22.0. The molecule has 20 heavy (non-hydrogen) atoms. The van der Waals surface area contributed by atoms with Crippen molar-refractivity contribution in [1.29, 1.82) is 0 Å². The lowest BCUT2D eigenvalue weighted by Gasteiger charge is -2.03. The number of carbonyl (C=O) groups excluding carboxylic acids is 1. The molecule has 0 spiro atoms. The van der Waals surface area contributed by atoms with Gasteiger partial charge in [0.1, 0.15) is 0 Å². The Labute approximate surface area is 115 Å². The average Bonchev–Trinajstić information content (AvgIpc) is 2.86. The van der Waals surface area contributed by atoms with Crippen LogP contribution in [0.2, 0.25) is 0 Å². The maximum Gasteiger partial charge on any atom is 0.455 e. The third kappa shape index (κ3) is 2.72. The number of hydrogen-bond acceptors (Lipinski definition) is 3. The molecule has 0 radical (unpaired) electrons. The van der Waals surface area contributed by atoms with Crippen LogP contribution in [-0.4, -0.2) is 23.0 Å². The van der Waals surface area contributed by atoms with Crippen LogP contribution in [0.4, 0.5) is 13.2 Å². The van der Waals surface area contributed by atoms with Gasteiger partial charge in [-0.1, -0.05) is 18.2 Å². The second-order valence-electron chi connectivity index (χ2n) is 3.84. The fourth-order valence-corrected chi connectivity index (χ4v) is 2.63. The summed E-state index contributed by atoms with van der Waals surface area (Å²) in [6.07, 6.45) is -4.94. The Hall–Kier alpha value is -2.15. The van der Waals surface area contributed by atoms with Crippen LogP contribution in [-0.2, 0) is 0 Å². The van der Waals surface area contributed by atoms with Crippen molar-refractivity contribution in [1.82, 2.24) is 0 Å². The smallest absolute Gasteiger partial charge is 0.455 e. The van der Waals surface area contributed by atoms with Gasteiger partial charge in [0.15, 0.2) is 0 Å². The molecule has 0 atom stereocenters. The molecule has 104 valence electrons. The Morgan fingerprint density at radius 3 is 2.30 bits per heavy atom. The first-order valence-electron chi connectivity index (χ1n) is 5.35. The molecule has 3 nitrogen and oxygen atoms in total. The quantitative estimate of drug-likeness (QED) is 0.876. The second kappa shape index (κ2) is 5.09. The van der Waals surface area contributed by atoms with E-state index in [-0.39, 0.29) is 11.1 Å². The van der Waals surface area contributed by atoms with E-state index in [1.54, 1.807) is 6.07 Å². The maximum atomic E-state index is 12.3. The van der Waals surface area contributed by atoms with Gasteiger partial charge in [-0.25, -0.2) is 4.79 Å². The number of alkyl halides is 3. The number of Topliss-reactive ketones (excluding diaryl/α,β-unsaturated/α-hetero) is 1. The van der Waals surface area contributed by atoms with E-state index >= 15 is 0 Å². The van der Waals surface area contributed by atoms with Gasteiger partial charge in [-0.2, -0.15) is 13.2 Å². The van der Waals surface area contributed by atoms with Crippen LogP contribution in [0.3, 0.4) is 0 Å². The highest BCUT2D eigenvalue weighted by atomic mass is 32.1. The minimum atomic E-state index is -4.94. The first kappa shape index (κ1) is 14.3.